The molecule has 0 amide bonds. The third-order valence-corrected chi connectivity index (χ3v) is 8.46. The van der Waals surface area contributed by atoms with Crippen LogP contribution in [0.4, 0.5) is 5.82 Å². The molecule has 6 rings (SSSR count). The van der Waals surface area contributed by atoms with Crippen LogP contribution in [0, 0.1) is 11.3 Å². The minimum Gasteiger partial charge on any atom is -0.481 e. The summed E-state index contributed by atoms with van der Waals surface area (Å²) in [7, 11) is 0. The maximum atomic E-state index is 11.4. The molecule has 2 fully saturated rings. The Kier molecular flexibility index (Phi) is 4.95. The number of aliphatic carboxylic acids is 1. The number of aromatic nitrogens is 4. The van der Waals surface area contributed by atoms with Gasteiger partial charge in [0.15, 0.2) is 5.65 Å². The zero-order chi connectivity index (χ0) is 23.4. The Bertz CT molecular complexity index is 1390. The highest BCUT2D eigenvalue weighted by molar-refractivity contribution is 9.10. The molecule has 2 aliphatic rings. The largest absolute Gasteiger partial charge is 0.481 e. The van der Waals surface area contributed by atoms with Gasteiger partial charge in [-0.25, -0.2) is 4.98 Å². The summed E-state index contributed by atoms with van der Waals surface area (Å²) in [5.41, 5.74) is 11.9. The summed E-state index contributed by atoms with van der Waals surface area (Å²) >= 11 is 3.66. The number of carbonyl (C=O) groups is 1. The maximum absolute atomic E-state index is 11.4. The molecule has 3 N–H and O–H groups in total. The summed E-state index contributed by atoms with van der Waals surface area (Å²) in [5, 5.41) is 13.9. The first-order valence-corrected chi connectivity index (χ1v) is 12.3. The SMILES string of the molecule is Nc1c(Br)c(C2CCC3(CC2)CC3C(=O)O)nc2c(-c3ccc(-c4ccccc4)nc3)cnn12. The van der Waals surface area contributed by atoms with Crippen molar-refractivity contribution in [3.8, 4) is 22.4 Å². The number of nitrogens with zero attached hydrogens (tertiary/aromatic N) is 4. The van der Waals surface area contributed by atoms with Crippen molar-refractivity contribution in [2.45, 2.75) is 38.0 Å². The van der Waals surface area contributed by atoms with Gasteiger partial charge in [0.2, 0.25) is 0 Å². The number of rotatable bonds is 4. The Hall–Kier alpha value is -3.26. The molecule has 0 aliphatic heterocycles. The van der Waals surface area contributed by atoms with Crippen molar-refractivity contribution in [3.05, 3.63) is 65.0 Å². The highest BCUT2D eigenvalue weighted by Gasteiger charge is 2.59. The number of hydrogen-bond donors (Lipinski definition) is 2. The monoisotopic (exact) mass is 517 g/mol. The fourth-order valence-corrected chi connectivity index (χ4v) is 6.12. The standard InChI is InChI=1S/C26H24BrN5O2/c27-21-22(16-8-10-26(11-9-16)12-19(26)25(33)34)31-24-18(14-30-32(24)23(21)28)17-6-7-20(29-13-17)15-4-2-1-3-5-15/h1-7,13-14,16,19H,8-12,28H2,(H,33,34). The molecule has 1 spiro atoms. The summed E-state index contributed by atoms with van der Waals surface area (Å²) in [5.74, 6) is -0.0664. The summed E-state index contributed by atoms with van der Waals surface area (Å²) in [6.07, 6.45) is 8.12. The van der Waals surface area contributed by atoms with Crippen molar-refractivity contribution in [2.75, 3.05) is 5.73 Å². The van der Waals surface area contributed by atoms with Crippen LogP contribution in [0.1, 0.15) is 43.7 Å². The van der Waals surface area contributed by atoms with Crippen molar-refractivity contribution in [1.82, 2.24) is 19.6 Å². The van der Waals surface area contributed by atoms with E-state index in [9.17, 15) is 9.90 Å². The first kappa shape index (κ1) is 21.3. The molecule has 1 aromatic carbocycles. The molecule has 3 heterocycles. The predicted octanol–water partition coefficient (Wildman–Crippen LogP) is 5.55. The average Bonchev–Trinajstić information content (AvgIpc) is 3.40. The van der Waals surface area contributed by atoms with Crippen LogP contribution in [-0.2, 0) is 4.79 Å². The lowest BCUT2D eigenvalue weighted by Gasteiger charge is -2.29. The Balaban J connectivity index is 1.32. The van der Waals surface area contributed by atoms with E-state index in [0.717, 1.165) is 64.7 Å². The molecule has 172 valence electrons. The highest BCUT2D eigenvalue weighted by Crippen LogP contribution is 2.63. The molecular weight excluding hydrogens is 494 g/mol. The normalized spacial score (nSPS) is 23.9. The maximum Gasteiger partial charge on any atom is 0.307 e. The number of nitrogens with two attached hydrogens (primary N) is 1. The van der Waals surface area contributed by atoms with Crippen LogP contribution in [0.5, 0.6) is 0 Å². The first-order valence-electron chi connectivity index (χ1n) is 11.5. The molecule has 8 heteroatoms. The quantitative estimate of drug-likeness (QED) is 0.367. The van der Waals surface area contributed by atoms with Gasteiger partial charge in [-0.2, -0.15) is 9.61 Å². The van der Waals surface area contributed by atoms with E-state index in [-0.39, 0.29) is 17.3 Å². The molecule has 2 saturated carbocycles. The lowest BCUT2D eigenvalue weighted by atomic mass is 9.77. The number of benzene rings is 1. The van der Waals surface area contributed by atoms with E-state index in [1.807, 2.05) is 48.7 Å². The molecule has 7 nitrogen and oxygen atoms in total. The van der Waals surface area contributed by atoms with E-state index in [1.165, 1.54) is 0 Å². The van der Waals surface area contributed by atoms with Crippen molar-refractivity contribution in [2.24, 2.45) is 11.3 Å². The topological polar surface area (TPSA) is 106 Å². The summed E-state index contributed by atoms with van der Waals surface area (Å²) in [6, 6.07) is 14.1. The fourth-order valence-electron chi connectivity index (χ4n) is 5.54. The van der Waals surface area contributed by atoms with Crippen LogP contribution in [0.25, 0.3) is 28.0 Å². The van der Waals surface area contributed by atoms with Gasteiger partial charge in [-0.3, -0.25) is 9.78 Å². The molecule has 34 heavy (non-hydrogen) atoms. The molecular formula is C26H24BrN5O2. The Morgan fingerprint density at radius 1 is 1.09 bits per heavy atom. The van der Waals surface area contributed by atoms with Gasteiger partial charge in [0.05, 0.1) is 28.0 Å². The summed E-state index contributed by atoms with van der Waals surface area (Å²) in [6.45, 7) is 0. The second kappa shape index (κ2) is 7.91. The minimum absolute atomic E-state index is 0.00159. The molecule has 1 atom stereocenters. The number of fused-ring (bicyclic) bond motifs is 1. The number of hydrogen-bond acceptors (Lipinski definition) is 5. The molecule has 0 saturated heterocycles. The van der Waals surface area contributed by atoms with Gasteiger partial charge >= 0.3 is 5.97 Å². The van der Waals surface area contributed by atoms with Crippen LogP contribution in [0.3, 0.4) is 0 Å². The number of nitrogen functional groups attached to an aromatic ring is 1. The van der Waals surface area contributed by atoms with Crippen LogP contribution < -0.4 is 5.73 Å². The van der Waals surface area contributed by atoms with Crippen molar-refractivity contribution in [1.29, 1.82) is 0 Å². The zero-order valence-electron chi connectivity index (χ0n) is 18.5. The number of halogens is 1. The molecule has 0 radical (unpaired) electrons. The molecule has 2 aliphatic carbocycles. The van der Waals surface area contributed by atoms with Crippen LogP contribution in [0.15, 0.2) is 59.3 Å². The minimum atomic E-state index is -0.654. The summed E-state index contributed by atoms with van der Waals surface area (Å²) in [4.78, 5) is 21.1. The second-order valence-corrected chi connectivity index (χ2v) is 10.3. The summed E-state index contributed by atoms with van der Waals surface area (Å²) < 4.78 is 2.44. The van der Waals surface area contributed by atoms with Crippen molar-refractivity contribution in [3.63, 3.8) is 0 Å². The van der Waals surface area contributed by atoms with Gasteiger partial charge in [0.1, 0.15) is 5.82 Å². The van der Waals surface area contributed by atoms with Crippen molar-refractivity contribution >= 4 is 33.4 Å². The number of carboxylic acids is 1. The molecule has 1 unspecified atom stereocenters. The van der Waals surface area contributed by atoms with E-state index >= 15 is 0 Å². The van der Waals surface area contributed by atoms with E-state index < -0.39 is 5.97 Å². The van der Waals surface area contributed by atoms with E-state index in [2.05, 4.69) is 26.0 Å². The number of carboxylic acid groups (broad SMARTS) is 1. The molecule has 0 bridgehead atoms. The van der Waals surface area contributed by atoms with Gasteiger partial charge in [0.25, 0.3) is 0 Å². The van der Waals surface area contributed by atoms with Gasteiger partial charge in [-0.15, -0.1) is 0 Å². The van der Waals surface area contributed by atoms with Crippen molar-refractivity contribution < 1.29 is 9.90 Å². The Labute approximate surface area is 205 Å². The molecule has 3 aromatic heterocycles. The van der Waals surface area contributed by atoms with E-state index in [4.69, 9.17) is 10.7 Å². The number of anilines is 1. The van der Waals surface area contributed by atoms with Gasteiger partial charge in [-0.1, -0.05) is 36.4 Å². The highest BCUT2D eigenvalue weighted by atomic mass is 79.9. The van der Waals surface area contributed by atoms with Crippen LogP contribution in [-0.4, -0.2) is 30.7 Å². The first-order chi connectivity index (χ1) is 16.5. The van der Waals surface area contributed by atoms with Gasteiger partial charge in [-0.05, 0) is 59.5 Å². The lowest BCUT2D eigenvalue weighted by Crippen LogP contribution is -2.20. The number of pyridine rings is 1. The third-order valence-electron chi connectivity index (χ3n) is 7.65. The fraction of sp³-hybridized carbons (Fsp3) is 0.308. The smallest absolute Gasteiger partial charge is 0.307 e. The Morgan fingerprint density at radius 2 is 1.85 bits per heavy atom. The second-order valence-electron chi connectivity index (χ2n) is 9.52. The van der Waals surface area contributed by atoms with Crippen LogP contribution in [0.2, 0.25) is 0 Å². The van der Waals surface area contributed by atoms with Crippen LogP contribution >= 0.6 is 15.9 Å². The van der Waals surface area contributed by atoms with E-state index in [0.29, 0.717) is 11.5 Å². The van der Waals surface area contributed by atoms with Gasteiger partial charge in [0, 0.05) is 28.8 Å². The molecule has 4 aromatic rings. The lowest BCUT2D eigenvalue weighted by molar-refractivity contribution is -0.139. The third kappa shape index (κ3) is 3.39. The average molecular weight is 518 g/mol. The Morgan fingerprint density at radius 3 is 2.50 bits per heavy atom. The van der Waals surface area contributed by atoms with E-state index in [1.54, 1.807) is 10.7 Å². The predicted molar refractivity (Wildman–Crippen MR) is 133 cm³/mol. The zero-order valence-corrected chi connectivity index (χ0v) is 20.1. The van der Waals surface area contributed by atoms with Gasteiger partial charge < -0.3 is 10.8 Å².